The van der Waals surface area contributed by atoms with Gasteiger partial charge in [-0.15, -0.1) is 11.3 Å². The van der Waals surface area contributed by atoms with Crippen LogP contribution in [0.3, 0.4) is 0 Å². The number of rotatable bonds is 6. The molecule has 0 aliphatic rings. The molecule has 0 spiro atoms. The van der Waals surface area contributed by atoms with Crippen molar-refractivity contribution in [2.24, 2.45) is 0 Å². The second-order valence-electron chi connectivity index (χ2n) is 4.33. The van der Waals surface area contributed by atoms with Crippen LogP contribution in [0.15, 0.2) is 28.5 Å². The van der Waals surface area contributed by atoms with Crippen molar-refractivity contribution in [2.45, 2.75) is 11.1 Å². The van der Waals surface area contributed by atoms with E-state index < -0.39 is 10.0 Å². The van der Waals surface area contributed by atoms with Gasteiger partial charge in [0.2, 0.25) is 10.0 Å². The summed E-state index contributed by atoms with van der Waals surface area (Å²) in [5.74, 6) is 0.465. The normalized spacial score (nSPS) is 11.1. The fourth-order valence-corrected chi connectivity index (χ4v) is 4.13. The molecular weight excluding hydrogens is 344 g/mol. The molecule has 0 aromatic carbocycles. The van der Waals surface area contributed by atoms with E-state index in [0.29, 0.717) is 16.6 Å². The maximum Gasteiger partial charge on any atom is 0.250 e. The average molecular weight is 357 g/mol. The molecule has 2 aromatic heterocycles. The van der Waals surface area contributed by atoms with Crippen LogP contribution >= 0.6 is 22.9 Å². The van der Waals surface area contributed by atoms with Crippen LogP contribution < -0.4 is 10.0 Å². The highest BCUT2D eigenvalue weighted by Crippen LogP contribution is 2.20. The Hall–Kier alpha value is -1.66. The van der Waals surface area contributed by atoms with Crippen LogP contribution in [0.2, 0.25) is 5.02 Å². The van der Waals surface area contributed by atoms with Crippen molar-refractivity contribution in [3.05, 3.63) is 39.9 Å². The largest absolute Gasteiger partial charge is 0.369 e. The van der Waals surface area contributed by atoms with E-state index in [2.05, 4.69) is 15.0 Å². The fourth-order valence-electron chi connectivity index (χ4n) is 1.62. The lowest BCUT2D eigenvalue weighted by atomic mass is 10.3. The zero-order valence-electron chi connectivity index (χ0n) is 11.6. The van der Waals surface area contributed by atoms with Gasteiger partial charge >= 0.3 is 0 Å². The maximum absolute atomic E-state index is 12.0. The van der Waals surface area contributed by atoms with Gasteiger partial charge in [-0.25, -0.2) is 18.1 Å². The Balaban J connectivity index is 1.88. The van der Waals surface area contributed by atoms with Crippen LogP contribution in [-0.2, 0) is 10.0 Å². The molecule has 116 valence electrons. The number of thiophene rings is 1. The first-order valence-corrected chi connectivity index (χ1v) is 8.97. The quantitative estimate of drug-likeness (QED) is 0.775. The molecule has 0 aliphatic carbocycles. The van der Waals surface area contributed by atoms with Gasteiger partial charge in [0.05, 0.1) is 5.02 Å². The summed E-state index contributed by atoms with van der Waals surface area (Å²) < 4.78 is 26.8. The van der Waals surface area contributed by atoms with E-state index in [-0.39, 0.29) is 17.3 Å². The number of nitriles is 1. The van der Waals surface area contributed by atoms with Gasteiger partial charge < -0.3 is 5.32 Å². The number of hydrogen-bond donors (Lipinski definition) is 2. The molecule has 0 amide bonds. The third kappa shape index (κ3) is 4.18. The first kappa shape index (κ1) is 16.7. The van der Waals surface area contributed by atoms with E-state index >= 15 is 0 Å². The minimum atomic E-state index is -3.48. The molecule has 0 saturated carbocycles. The molecule has 2 heterocycles. The number of nitrogens with one attached hydrogen (secondary N) is 2. The van der Waals surface area contributed by atoms with E-state index in [4.69, 9.17) is 16.9 Å². The summed E-state index contributed by atoms with van der Waals surface area (Å²) in [6.07, 6.45) is 0. The fraction of sp³-hybridized carbons (Fsp3) is 0.231. The molecule has 0 unspecified atom stereocenters. The lowest BCUT2D eigenvalue weighted by molar-refractivity contribution is 0.585. The van der Waals surface area contributed by atoms with Crippen molar-refractivity contribution < 1.29 is 8.42 Å². The van der Waals surface area contributed by atoms with Gasteiger partial charge in [0.25, 0.3) is 0 Å². The van der Waals surface area contributed by atoms with Crippen LogP contribution in [0.4, 0.5) is 5.82 Å². The van der Waals surface area contributed by atoms with E-state index in [0.717, 1.165) is 4.88 Å². The number of aromatic nitrogens is 1. The minimum absolute atomic E-state index is 0.126. The Kier molecular flexibility index (Phi) is 5.37. The van der Waals surface area contributed by atoms with Crippen LogP contribution in [0.25, 0.3) is 0 Å². The molecule has 0 saturated heterocycles. The van der Waals surface area contributed by atoms with Crippen LogP contribution in [0.5, 0.6) is 0 Å². The van der Waals surface area contributed by atoms with Gasteiger partial charge in [0, 0.05) is 18.0 Å². The third-order valence-corrected chi connectivity index (χ3v) is 5.91. The number of anilines is 1. The summed E-state index contributed by atoms with van der Waals surface area (Å²) in [6, 6.07) is 8.41. The van der Waals surface area contributed by atoms with Gasteiger partial charge in [-0.2, -0.15) is 5.26 Å². The highest BCUT2D eigenvalue weighted by Gasteiger charge is 2.15. The zero-order valence-corrected chi connectivity index (χ0v) is 14.0. The van der Waals surface area contributed by atoms with Crippen molar-refractivity contribution in [2.75, 3.05) is 18.4 Å². The predicted molar refractivity (Wildman–Crippen MR) is 86.7 cm³/mol. The number of hydrogen-bond acceptors (Lipinski definition) is 6. The Morgan fingerprint density at radius 3 is 2.73 bits per heavy atom. The molecule has 6 nitrogen and oxygen atoms in total. The average Bonchev–Trinajstić information content (AvgIpc) is 2.92. The SMILES string of the molecule is Cc1ccc(S(=O)(=O)NCCNc2ccc(Cl)c(C#N)n2)s1. The monoisotopic (exact) mass is 356 g/mol. The van der Waals surface area contributed by atoms with Gasteiger partial charge in [-0.3, -0.25) is 0 Å². The summed E-state index contributed by atoms with van der Waals surface area (Å²) in [5, 5.41) is 12.0. The lowest BCUT2D eigenvalue weighted by Gasteiger charge is -2.07. The number of nitrogens with zero attached hydrogens (tertiary/aromatic N) is 2. The molecule has 0 fully saturated rings. The molecular formula is C13H13ClN4O2S2. The van der Waals surface area contributed by atoms with Crippen molar-refractivity contribution in [3.8, 4) is 6.07 Å². The zero-order chi connectivity index (χ0) is 16.2. The van der Waals surface area contributed by atoms with Crippen LogP contribution in [0.1, 0.15) is 10.6 Å². The Bertz CT molecular complexity index is 812. The third-order valence-electron chi connectivity index (χ3n) is 2.66. The maximum atomic E-state index is 12.0. The van der Waals surface area contributed by atoms with Crippen molar-refractivity contribution in [3.63, 3.8) is 0 Å². The number of pyridine rings is 1. The molecule has 2 rings (SSSR count). The summed E-state index contributed by atoms with van der Waals surface area (Å²) in [4.78, 5) is 4.94. The van der Waals surface area contributed by atoms with Crippen LogP contribution in [-0.4, -0.2) is 26.5 Å². The molecule has 0 atom stereocenters. The molecule has 2 aromatic rings. The van der Waals surface area contributed by atoms with Gasteiger partial charge in [-0.1, -0.05) is 11.6 Å². The highest BCUT2D eigenvalue weighted by atomic mass is 35.5. The van der Waals surface area contributed by atoms with Gasteiger partial charge in [0.1, 0.15) is 16.1 Å². The highest BCUT2D eigenvalue weighted by molar-refractivity contribution is 7.91. The van der Waals surface area contributed by atoms with Gasteiger partial charge in [0.15, 0.2) is 5.69 Å². The first-order chi connectivity index (χ1) is 10.4. The Morgan fingerprint density at radius 2 is 2.09 bits per heavy atom. The van der Waals surface area contributed by atoms with Crippen LogP contribution in [0, 0.1) is 18.3 Å². The second kappa shape index (κ2) is 7.07. The van der Waals surface area contributed by atoms with E-state index in [1.807, 2.05) is 13.0 Å². The molecule has 2 N–H and O–H groups in total. The summed E-state index contributed by atoms with van der Waals surface area (Å²) >= 11 is 7.01. The number of halogens is 1. The molecule has 0 bridgehead atoms. The van der Waals surface area contributed by atoms with Gasteiger partial charge in [-0.05, 0) is 31.2 Å². The molecule has 9 heteroatoms. The van der Waals surface area contributed by atoms with Crippen molar-refractivity contribution in [1.82, 2.24) is 9.71 Å². The van der Waals surface area contributed by atoms with E-state index in [1.165, 1.54) is 11.3 Å². The second-order valence-corrected chi connectivity index (χ2v) is 8.02. The smallest absolute Gasteiger partial charge is 0.250 e. The summed E-state index contributed by atoms with van der Waals surface area (Å²) in [5.41, 5.74) is 0.126. The van der Waals surface area contributed by atoms with Crippen molar-refractivity contribution >= 4 is 38.8 Å². The van der Waals surface area contributed by atoms with E-state index in [9.17, 15) is 8.42 Å². The topological polar surface area (TPSA) is 94.9 Å². The minimum Gasteiger partial charge on any atom is -0.369 e. The number of sulfonamides is 1. The first-order valence-electron chi connectivity index (χ1n) is 6.29. The Labute approximate surface area is 137 Å². The molecule has 0 radical (unpaired) electrons. The Morgan fingerprint density at radius 1 is 1.32 bits per heavy atom. The molecule has 22 heavy (non-hydrogen) atoms. The summed E-state index contributed by atoms with van der Waals surface area (Å²) in [7, 11) is -3.48. The lowest BCUT2D eigenvalue weighted by Crippen LogP contribution is -2.28. The summed E-state index contributed by atoms with van der Waals surface area (Å²) in [6.45, 7) is 2.39. The molecule has 0 aliphatic heterocycles. The van der Waals surface area contributed by atoms with Crippen molar-refractivity contribution in [1.29, 1.82) is 5.26 Å². The predicted octanol–water partition coefficient (Wildman–Crippen LogP) is 2.37. The van der Waals surface area contributed by atoms with E-state index in [1.54, 1.807) is 24.3 Å². The number of aryl methyl sites for hydroxylation is 1. The standard InChI is InChI=1S/C13H13ClN4O2S2/c1-9-2-5-13(21-9)22(19,20)17-7-6-16-12-4-3-10(14)11(8-15)18-12/h2-5,17H,6-7H2,1H3,(H,16,18).